The van der Waals surface area contributed by atoms with Crippen molar-refractivity contribution >= 4 is 43.6 Å². The lowest BCUT2D eigenvalue weighted by atomic mass is 9.83. The van der Waals surface area contributed by atoms with Crippen LogP contribution in [-0.4, -0.2) is 9.13 Å². The maximum absolute atomic E-state index is 15.7. The van der Waals surface area contributed by atoms with Crippen LogP contribution in [0.2, 0.25) is 0 Å². The molecule has 0 saturated carbocycles. The second-order valence-corrected chi connectivity index (χ2v) is 37.8. The topological polar surface area (TPSA) is 57.4 Å². The highest BCUT2D eigenvalue weighted by atomic mass is 19.1. The van der Waals surface area contributed by atoms with E-state index in [0.29, 0.717) is 22.3 Å². The van der Waals surface area contributed by atoms with Crippen LogP contribution in [0.25, 0.3) is 133 Å². The zero-order valence-corrected chi connectivity index (χ0v) is 71.0. The Labute approximate surface area is 691 Å². The molecule has 0 unspecified atom stereocenters. The zero-order chi connectivity index (χ0) is 83.0. The van der Waals surface area contributed by atoms with Gasteiger partial charge in [-0.3, -0.25) is 0 Å². The van der Waals surface area contributed by atoms with Crippen LogP contribution in [0, 0.1) is 34.3 Å². The fourth-order valence-electron chi connectivity index (χ4n) is 16.8. The van der Waals surface area contributed by atoms with Crippen LogP contribution in [-0.2, 0) is 38.9 Å². The Morgan fingerprint density at radius 1 is 0.248 bits per heavy atom. The van der Waals surface area contributed by atoms with Gasteiger partial charge >= 0.3 is 0 Å². The van der Waals surface area contributed by atoms with E-state index < -0.39 is 11.6 Å². The summed E-state index contributed by atoms with van der Waals surface area (Å²) in [4.78, 5) is 0. The van der Waals surface area contributed by atoms with Crippen LogP contribution in [0.4, 0.5) is 8.78 Å². The molecule has 0 amide bonds. The highest BCUT2D eigenvalue weighted by molar-refractivity contribution is 6.16. The lowest BCUT2D eigenvalue weighted by molar-refractivity contribution is 0.589. The molecule has 0 fully saturated rings. The molecular weight excluding hydrogens is 1430 g/mol. The predicted octanol–water partition coefficient (Wildman–Crippen LogP) is 30.6. The Morgan fingerprint density at radius 2 is 0.462 bits per heavy atom. The number of nitrogens with zero attached hydrogens (tertiary/aromatic N) is 4. The Hall–Kier alpha value is -12.5. The zero-order valence-electron chi connectivity index (χ0n) is 71.0. The molecule has 2 heterocycles. The molecule has 0 spiro atoms. The number of aromatic nitrogens is 2. The summed E-state index contributed by atoms with van der Waals surface area (Å²) in [5, 5.41) is 26.8. The molecule has 4 nitrogen and oxygen atoms in total. The number of hydrogen-bond donors (Lipinski definition) is 0. The van der Waals surface area contributed by atoms with Gasteiger partial charge in [-0.05, 0) is 176 Å². The van der Waals surface area contributed by atoms with Gasteiger partial charge in [-0.15, -0.1) is 0 Å². The third-order valence-corrected chi connectivity index (χ3v) is 23.5. The van der Waals surface area contributed by atoms with Crippen LogP contribution in [0.5, 0.6) is 0 Å². The first-order valence-corrected chi connectivity index (χ1v) is 41.0. The minimum atomic E-state index is -0.730. The highest BCUT2D eigenvalue weighted by Crippen LogP contribution is 2.54. The van der Waals surface area contributed by atoms with Crippen molar-refractivity contribution in [2.75, 3.05) is 0 Å². The second kappa shape index (κ2) is 30.6. The first-order chi connectivity index (χ1) is 55.6. The van der Waals surface area contributed by atoms with E-state index in [-0.39, 0.29) is 54.7 Å². The number of benzene rings is 14. The quantitative estimate of drug-likeness (QED) is 0.152. The molecule has 0 radical (unpaired) electrons. The minimum Gasteiger partial charge on any atom is -0.308 e. The number of fused-ring (bicyclic) bond motifs is 9. The molecule has 14 aromatic carbocycles. The van der Waals surface area contributed by atoms with Gasteiger partial charge in [0.2, 0.25) is 0 Å². The lowest BCUT2D eigenvalue weighted by Gasteiger charge is -2.28. The van der Waals surface area contributed by atoms with Gasteiger partial charge in [-0.2, -0.15) is 10.5 Å². The van der Waals surface area contributed by atoms with E-state index >= 15 is 8.78 Å². The van der Waals surface area contributed by atoms with E-state index in [9.17, 15) is 10.5 Å². The maximum atomic E-state index is 15.7. The molecular formula is C111H104F2N4. The summed E-state index contributed by atoms with van der Waals surface area (Å²) in [6, 6.07) is 106. The number of halogens is 2. The molecule has 1 aliphatic rings. The Bertz CT molecular complexity index is 6080. The molecule has 0 saturated heterocycles. The molecule has 0 atom stereocenters. The summed E-state index contributed by atoms with van der Waals surface area (Å²) in [5.41, 5.74) is 28.4. The van der Waals surface area contributed by atoms with E-state index in [1.54, 1.807) is 78.9 Å². The third-order valence-electron chi connectivity index (χ3n) is 23.5. The van der Waals surface area contributed by atoms with Crippen molar-refractivity contribution in [2.24, 2.45) is 0 Å². The first kappa shape index (κ1) is 79.7. The largest absolute Gasteiger partial charge is 0.308 e. The normalized spacial score (nSPS) is 12.4. The van der Waals surface area contributed by atoms with E-state index in [1.807, 2.05) is 18.2 Å². The lowest BCUT2D eigenvalue weighted by Crippen LogP contribution is -2.12. The van der Waals surface area contributed by atoms with E-state index in [1.165, 1.54) is 77.2 Å². The summed E-state index contributed by atoms with van der Waals surface area (Å²) in [7, 11) is 0. The molecule has 6 heteroatoms. The molecule has 17 rings (SSSR count). The summed E-state index contributed by atoms with van der Waals surface area (Å²) in [6.45, 7) is 41.3. The van der Waals surface area contributed by atoms with Crippen LogP contribution < -0.4 is 0 Å². The van der Waals surface area contributed by atoms with Gasteiger partial charge in [0.1, 0.15) is 23.8 Å². The number of nitriles is 2. The SMILES string of the molecule is CC(C)(C)c1ccc2c(c1)-c1cc(C(C)(C)C)ccc1C2.CC(C)(C)c1ccc2c(c1)c1cc(C(C)(C)C)ccc1n2-c1c(-c2ccccc2)c(C#N)c(-c2ccccc2)c(-n2c3ccc(C(C)(C)C)cc3c3cc(C(C)(C)C)ccc32)c1-c1ccccc1.N#Cc1c(-c2ccccc2)c(F)c(-c2ccccc2)c(F)c1-c1ccccc1. The van der Waals surface area contributed by atoms with Crippen molar-refractivity contribution in [3.8, 4) is 101 Å². The minimum absolute atomic E-state index is 0.00733. The van der Waals surface area contributed by atoms with Crippen LogP contribution in [0.1, 0.15) is 180 Å². The maximum Gasteiger partial charge on any atom is 0.143 e. The molecule has 1 aliphatic carbocycles. The summed E-state index contributed by atoms with van der Waals surface area (Å²) < 4.78 is 36.3. The molecule has 16 aromatic rings. The Morgan fingerprint density at radius 3 is 0.709 bits per heavy atom. The molecule has 0 N–H and O–H groups in total. The summed E-state index contributed by atoms with van der Waals surface area (Å²) in [6.07, 6.45) is 1.08. The van der Waals surface area contributed by atoms with Gasteiger partial charge in [0.25, 0.3) is 0 Å². The third kappa shape index (κ3) is 15.1. The van der Waals surface area contributed by atoms with Gasteiger partial charge in [-0.25, -0.2) is 8.78 Å². The van der Waals surface area contributed by atoms with Gasteiger partial charge in [-0.1, -0.05) is 367 Å². The summed E-state index contributed by atoms with van der Waals surface area (Å²) in [5.74, 6) is -1.46. The van der Waals surface area contributed by atoms with Crippen molar-refractivity contribution < 1.29 is 8.78 Å². The fourth-order valence-corrected chi connectivity index (χ4v) is 16.8. The highest BCUT2D eigenvalue weighted by Gasteiger charge is 2.35. The molecule has 117 heavy (non-hydrogen) atoms. The van der Waals surface area contributed by atoms with Crippen molar-refractivity contribution in [3.05, 3.63) is 358 Å². The average Bonchev–Trinajstić information content (AvgIpc) is 1.55. The average molecular weight is 1530 g/mol. The van der Waals surface area contributed by atoms with E-state index in [0.717, 1.165) is 73.2 Å². The van der Waals surface area contributed by atoms with Crippen molar-refractivity contribution in [2.45, 2.75) is 164 Å². The Kier molecular flexibility index (Phi) is 20.9. The fraction of sp³-hybridized carbons (Fsp3) is 0.225. The van der Waals surface area contributed by atoms with E-state index in [4.69, 9.17) is 0 Å². The molecule has 582 valence electrons. The van der Waals surface area contributed by atoms with Crippen molar-refractivity contribution in [3.63, 3.8) is 0 Å². The van der Waals surface area contributed by atoms with E-state index in [2.05, 4.69) is 340 Å². The molecule has 0 bridgehead atoms. The Balaban J connectivity index is 0.000000177. The number of hydrogen-bond acceptors (Lipinski definition) is 2. The standard InChI is InChI=1S/C65H63N3.C25H15F2N.C21H26/c1-62(2,3)44-28-32-53-48(36-44)49-37-45(63(4,5)6)29-33-54(49)67(53)60-57(41-22-16-13-17-23-41)52(40-66)58(42-24-18-14-19-25-42)61(59(60)43-26-20-15-21-27-43)68-55-34-30-46(64(7,8)9)38-50(55)51-39-47(65(10,11)12)31-35-56(51)68;26-24-21(17-10-4-1-5-11-17)20(16-28)22(18-12-6-2-7-13-18)25(27)23(24)19-14-8-3-9-15-19;1-20(2,3)16-9-7-14-11-15-8-10-17(21(4,5)6)13-19(15)18(14)12-16/h13-39H,1-12H3;1-15H;7-10,12-13H,11H2,1-6H3. The first-order valence-electron chi connectivity index (χ1n) is 41.0. The predicted molar refractivity (Wildman–Crippen MR) is 490 cm³/mol. The van der Waals surface area contributed by atoms with Gasteiger partial charge in [0.05, 0.1) is 50.1 Å². The van der Waals surface area contributed by atoms with Gasteiger partial charge < -0.3 is 9.13 Å². The monoisotopic (exact) mass is 1530 g/mol. The van der Waals surface area contributed by atoms with Gasteiger partial charge in [0, 0.05) is 49.4 Å². The van der Waals surface area contributed by atoms with Crippen LogP contribution >= 0.6 is 0 Å². The molecule has 2 aromatic heterocycles. The second-order valence-electron chi connectivity index (χ2n) is 37.8. The van der Waals surface area contributed by atoms with Crippen LogP contribution in [0.15, 0.2) is 291 Å². The smallest absolute Gasteiger partial charge is 0.143 e. The van der Waals surface area contributed by atoms with Crippen LogP contribution in [0.3, 0.4) is 0 Å². The van der Waals surface area contributed by atoms with Gasteiger partial charge in [0.15, 0.2) is 0 Å². The van der Waals surface area contributed by atoms with Crippen molar-refractivity contribution in [1.29, 1.82) is 10.5 Å². The summed E-state index contributed by atoms with van der Waals surface area (Å²) >= 11 is 0. The molecule has 0 aliphatic heterocycles. The van der Waals surface area contributed by atoms with Crippen molar-refractivity contribution in [1.82, 2.24) is 9.13 Å². The number of rotatable bonds is 8.